The van der Waals surface area contributed by atoms with Gasteiger partial charge in [-0.3, -0.25) is 9.20 Å². The topological polar surface area (TPSA) is 138 Å². The monoisotopic (exact) mass is 547 g/mol. The van der Waals surface area contributed by atoms with Gasteiger partial charge in [-0.15, -0.1) is 0 Å². The summed E-state index contributed by atoms with van der Waals surface area (Å²) in [7, 11) is 0. The lowest BCUT2D eigenvalue weighted by atomic mass is 10.0. The van der Waals surface area contributed by atoms with Crippen LogP contribution in [0.1, 0.15) is 24.4 Å². The third kappa shape index (κ3) is 5.51. The van der Waals surface area contributed by atoms with Crippen LogP contribution in [0, 0.1) is 18.6 Å². The molecule has 0 saturated carbocycles. The lowest BCUT2D eigenvalue weighted by molar-refractivity contribution is -0.192. The lowest BCUT2D eigenvalue weighted by Crippen LogP contribution is -2.24. The number of halogens is 5. The number of imidazole rings is 1. The maximum absolute atomic E-state index is 14.8. The van der Waals surface area contributed by atoms with Gasteiger partial charge in [-0.05, 0) is 44.2 Å². The Morgan fingerprint density at radius 1 is 1.13 bits per heavy atom. The second-order valence-corrected chi connectivity index (χ2v) is 8.15. The number of carbonyl (C=O) groups is 1. The molecule has 5 rings (SSSR count). The second kappa shape index (κ2) is 10.4. The van der Waals surface area contributed by atoms with Gasteiger partial charge in [0.05, 0.1) is 23.6 Å². The van der Waals surface area contributed by atoms with Gasteiger partial charge in [0, 0.05) is 11.3 Å². The van der Waals surface area contributed by atoms with Gasteiger partial charge < -0.3 is 15.4 Å². The highest BCUT2D eigenvalue weighted by Crippen LogP contribution is 2.30. The fraction of sp³-hybridized carbons (Fsp3) is 0.167. The Morgan fingerprint density at radius 3 is 2.54 bits per heavy atom. The van der Waals surface area contributed by atoms with Crippen LogP contribution in [0.4, 0.5) is 27.8 Å². The molecule has 0 bridgehead atoms. The number of aliphatic carboxylic acids is 1. The van der Waals surface area contributed by atoms with Crippen LogP contribution in [0.25, 0.3) is 27.9 Å². The number of pyridine rings is 1. The minimum absolute atomic E-state index is 0.0243. The van der Waals surface area contributed by atoms with Crippen molar-refractivity contribution in [2.45, 2.75) is 26.1 Å². The molecular formula is C24H18F5N7O3. The predicted molar refractivity (Wildman–Crippen MR) is 129 cm³/mol. The Hall–Kier alpha value is -4.95. The number of aromatic amines is 1. The number of H-pyrrole nitrogens is 1. The number of nitrogens with one attached hydrogen (secondary N) is 2. The molecule has 5 aromatic rings. The summed E-state index contributed by atoms with van der Waals surface area (Å²) in [5.41, 5.74) is 1.65. The zero-order valence-electron chi connectivity index (χ0n) is 20.1. The zero-order chi connectivity index (χ0) is 28.5. The molecule has 4 aromatic heterocycles. The predicted octanol–water partition coefficient (Wildman–Crippen LogP) is 4.42. The average Bonchev–Trinajstić information content (AvgIpc) is 3.35. The van der Waals surface area contributed by atoms with Crippen LogP contribution < -0.4 is 10.9 Å². The molecular weight excluding hydrogens is 529 g/mol. The summed E-state index contributed by atoms with van der Waals surface area (Å²) in [6.45, 7) is 3.51. The molecule has 4 heterocycles. The first-order valence-electron chi connectivity index (χ1n) is 11.1. The summed E-state index contributed by atoms with van der Waals surface area (Å²) >= 11 is 0. The van der Waals surface area contributed by atoms with Crippen molar-refractivity contribution in [1.82, 2.24) is 29.3 Å². The number of carboxylic acids is 1. The molecule has 1 atom stereocenters. The number of hydrogen-bond donors (Lipinski definition) is 3. The number of aryl methyl sites for hydroxylation is 1. The zero-order valence-corrected chi connectivity index (χ0v) is 20.1. The highest BCUT2D eigenvalue weighted by atomic mass is 19.4. The molecule has 0 fully saturated rings. The van der Waals surface area contributed by atoms with E-state index < -0.39 is 35.4 Å². The molecule has 10 nitrogen and oxygen atoms in total. The third-order valence-electron chi connectivity index (χ3n) is 5.50. The normalized spacial score (nSPS) is 12.2. The van der Waals surface area contributed by atoms with Crippen LogP contribution in [0.2, 0.25) is 0 Å². The summed E-state index contributed by atoms with van der Waals surface area (Å²) in [6, 6.07) is 7.64. The molecule has 0 aliphatic heterocycles. The molecule has 0 spiro atoms. The van der Waals surface area contributed by atoms with Crippen molar-refractivity contribution in [3.8, 4) is 11.1 Å². The second-order valence-electron chi connectivity index (χ2n) is 8.15. The summed E-state index contributed by atoms with van der Waals surface area (Å²) in [5, 5.41) is 10.3. The third-order valence-corrected chi connectivity index (χ3v) is 5.50. The maximum Gasteiger partial charge on any atom is 0.490 e. The van der Waals surface area contributed by atoms with Gasteiger partial charge in [-0.25, -0.2) is 33.5 Å². The molecule has 39 heavy (non-hydrogen) atoms. The Morgan fingerprint density at radius 2 is 1.85 bits per heavy atom. The molecule has 1 aromatic carbocycles. The minimum Gasteiger partial charge on any atom is -0.475 e. The number of rotatable bonds is 4. The number of benzene rings is 1. The Balaban J connectivity index is 0.000000448. The highest BCUT2D eigenvalue weighted by molar-refractivity contribution is 5.82. The van der Waals surface area contributed by atoms with Crippen molar-refractivity contribution in [2.24, 2.45) is 0 Å². The van der Waals surface area contributed by atoms with E-state index in [9.17, 15) is 26.7 Å². The average molecular weight is 547 g/mol. The SMILES string of the molecule is Cc1cccc2nc(C(C)Nc3ncnc4nc[nH]c34)c(-c3cc(F)ccc3F)c(=O)n12.O=C(O)C(F)(F)F. The highest BCUT2D eigenvalue weighted by Gasteiger charge is 2.38. The first-order valence-corrected chi connectivity index (χ1v) is 11.1. The molecule has 0 aliphatic carbocycles. The van der Waals surface area contributed by atoms with E-state index in [-0.39, 0.29) is 16.8 Å². The van der Waals surface area contributed by atoms with E-state index in [0.29, 0.717) is 28.3 Å². The van der Waals surface area contributed by atoms with Crippen LogP contribution in [0.5, 0.6) is 0 Å². The van der Waals surface area contributed by atoms with E-state index in [1.54, 1.807) is 32.0 Å². The molecule has 202 valence electrons. The largest absolute Gasteiger partial charge is 0.490 e. The summed E-state index contributed by atoms with van der Waals surface area (Å²) in [6.07, 6.45) is -2.23. The molecule has 0 radical (unpaired) electrons. The quantitative estimate of drug-likeness (QED) is 0.281. The van der Waals surface area contributed by atoms with Gasteiger partial charge in [-0.2, -0.15) is 13.2 Å². The van der Waals surface area contributed by atoms with E-state index in [1.807, 2.05) is 0 Å². The van der Waals surface area contributed by atoms with Crippen molar-refractivity contribution in [3.05, 3.63) is 82.4 Å². The number of nitrogens with zero attached hydrogens (tertiary/aromatic N) is 5. The van der Waals surface area contributed by atoms with Crippen LogP contribution in [0.15, 0.2) is 53.8 Å². The van der Waals surface area contributed by atoms with Gasteiger partial charge in [-0.1, -0.05) is 6.07 Å². The first kappa shape index (κ1) is 27.1. The smallest absolute Gasteiger partial charge is 0.475 e. The van der Waals surface area contributed by atoms with Gasteiger partial charge >= 0.3 is 12.1 Å². The van der Waals surface area contributed by atoms with Gasteiger partial charge in [0.15, 0.2) is 11.5 Å². The molecule has 0 aliphatic rings. The number of hydrogen-bond acceptors (Lipinski definition) is 7. The van der Waals surface area contributed by atoms with Gasteiger partial charge in [0.2, 0.25) is 0 Å². The van der Waals surface area contributed by atoms with Crippen LogP contribution in [-0.4, -0.2) is 46.6 Å². The Bertz CT molecular complexity index is 1750. The van der Waals surface area contributed by atoms with Crippen molar-refractivity contribution in [3.63, 3.8) is 0 Å². The van der Waals surface area contributed by atoms with Crippen LogP contribution in [0.3, 0.4) is 0 Å². The summed E-state index contributed by atoms with van der Waals surface area (Å²) < 4.78 is 61.9. The maximum atomic E-state index is 14.8. The number of anilines is 1. The van der Waals surface area contributed by atoms with E-state index in [4.69, 9.17) is 9.90 Å². The van der Waals surface area contributed by atoms with Crippen molar-refractivity contribution >= 4 is 28.6 Å². The molecule has 0 saturated heterocycles. The van der Waals surface area contributed by atoms with Crippen molar-refractivity contribution < 1.29 is 31.9 Å². The Kier molecular flexibility index (Phi) is 7.25. The fourth-order valence-corrected chi connectivity index (χ4v) is 3.76. The fourth-order valence-electron chi connectivity index (χ4n) is 3.76. The van der Waals surface area contributed by atoms with Crippen LogP contribution in [-0.2, 0) is 4.79 Å². The van der Waals surface area contributed by atoms with Gasteiger partial charge in [0.1, 0.15) is 29.1 Å². The molecule has 3 N–H and O–H groups in total. The lowest BCUT2D eigenvalue weighted by Gasteiger charge is -2.19. The molecule has 1 unspecified atom stereocenters. The van der Waals surface area contributed by atoms with E-state index >= 15 is 0 Å². The van der Waals surface area contributed by atoms with Crippen LogP contribution >= 0.6 is 0 Å². The van der Waals surface area contributed by atoms with E-state index in [1.165, 1.54) is 17.1 Å². The van der Waals surface area contributed by atoms with Crippen molar-refractivity contribution in [1.29, 1.82) is 0 Å². The van der Waals surface area contributed by atoms with E-state index in [2.05, 4.69) is 30.2 Å². The molecule has 0 amide bonds. The summed E-state index contributed by atoms with van der Waals surface area (Å²) in [5.74, 6) is -3.69. The molecule has 15 heteroatoms. The number of carboxylic acid groups (broad SMARTS) is 1. The number of alkyl halides is 3. The number of fused-ring (bicyclic) bond motifs is 2. The summed E-state index contributed by atoms with van der Waals surface area (Å²) in [4.78, 5) is 42.5. The first-order chi connectivity index (χ1) is 18.4. The minimum atomic E-state index is -5.08. The Labute approximate surface area is 215 Å². The van der Waals surface area contributed by atoms with Gasteiger partial charge in [0.25, 0.3) is 5.56 Å². The van der Waals surface area contributed by atoms with Crippen molar-refractivity contribution in [2.75, 3.05) is 5.32 Å². The number of aromatic nitrogens is 6. The standard InChI is InChI=1S/C22H17F2N7O.C2HF3O2/c1-11-4-3-5-16-30-18(12(2)29-21-19-20(26-9-25-19)27-10-28-21)17(22(32)31(11)16)14-8-13(23)6-7-15(14)24;3-2(4,5)1(6)7/h3-10,12H,1-2H3,(H2,25,26,27,28,29);(H,6,7). The van der Waals surface area contributed by atoms with E-state index in [0.717, 1.165) is 18.2 Å².